The van der Waals surface area contributed by atoms with Gasteiger partial charge in [-0.05, 0) is 25.8 Å². The van der Waals surface area contributed by atoms with Crippen molar-refractivity contribution in [1.29, 1.82) is 0 Å². The minimum atomic E-state index is -0.599. The van der Waals surface area contributed by atoms with Crippen LogP contribution in [-0.2, 0) is 0 Å². The predicted octanol–water partition coefficient (Wildman–Crippen LogP) is 2.22. The Morgan fingerprint density at radius 3 is 2.52 bits per heavy atom. The highest BCUT2D eigenvalue weighted by molar-refractivity contribution is 5.92. The number of benzene rings is 1. The molecule has 1 amide bonds. The van der Waals surface area contributed by atoms with Gasteiger partial charge in [0, 0.05) is 23.9 Å². The van der Waals surface area contributed by atoms with Crippen LogP contribution in [0.5, 0.6) is 0 Å². The predicted molar refractivity (Wildman–Crippen MR) is 93.0 cm³/mol. The summed E-state index contributed by atoms with van der Waals surface area (Å²) in [6.07, 6.45) is 0. The lowest BCUT2D eigenvalue weighted by atomic mass is 10.1. The van der Waals surface area contributed by atoms with Gasteiger partial charge < -0.3 is 5.32 Å². The SMILES string of the molecule is Cc1cc(=O)c(C(=O)NC(C)C(C)C)nn1-c1ccccc1[N+](=O)[O-]. The Morgan fingerprint density at radius 1 is 1.28 bits per heavy atom. The fourth-order valence-electron chi connectivity index (χ4n) is 2.19. The van der Waals surface area contributed by atoms with E-state index >= 15 is 0 Å². The van der Waals surface area contributed by atoms with Gasteiger partial charge in [-0.2, -0.15) is 5.10 Å². The highest BCUT2D eigenvalue weighted by Crippen LogP contribution is 2.22. The number of nitrogens with zero attached hydrogens (tertiary/aromatic N) is 3. The second-order valence-corrected chi connectivity index (χ2v) is 6.16. The zero-order valence-electron chi connectivity index (χ0n) is 14.5. The van der Waals surface area contributed by atoms with E-state index in [2.05, 4.69) is 10.4 Å². The average molecular weight is 344 g/mol. The molecule has 0 saturated heterocycles. The number of aryl methyl sites for hydroxylation is 1. The monoisotopic (exact) mass is 344 g/mol. The number of carbonyl (C=O) groups excluding carboxylic acids is 1. The molecule has 132 valence electrons. The lowest BCUT2D eigenvalue weighted by Crippen LogP contribution is -2.39. The molecule has 1 heterocycles. The van der Waals surface area contributed by atoms with Crippen molar-refractivity contribution in [2.75, 3.05) is 0 Å². The van der Waals surface area contributed by atoms with Crippen LogP contribution < -0.4 is 10.7 Å². The minimum Gasteiger partial charge on any atom is -0.348 e. The molecule has 8 heteroatoms. The first-order chi connectivity index (χ1) is 11.7. The van der Waals surface area contributed by atoms with Crippen molar-refractivity contribution in [3.8, 4) is 5.69 Å². The number of hydrogen-bond acceptors (Lipinski definition) is 5. The number of carbonyl (C=O) groups is 1. The summed E-state index contributed by atoms with van der Waals surface area (Å²) in [5.74, 6) is -0.412. The van der Waals surface area contributed by atoms with Gasteiger partial charge in [-0.15, -0.1) is 0 Å². The van der Waals surface area contributed by atoms with Crippen LogP contribution in [0.3, 0.4) is 0 Å². The molecule has 1 unspecified atom stereocenters. The van der Waals surface area contributed by atoms with E-state index in [-0.39, 0.29) is 29.0 Å². The third kappa shape index (κ3) is 3.90. The molecule has 0 saturated carbocycles. The number of hydrogen-bond donors (Lipinski definition) is 1. The van der Waals surface area contributed by atoms with Crippen molar-refractivity contribution in [1.82, 2.24) is 15.1 Å². The fourth-order valence-corrected chi connectivity index (χ4v) is 2.19. The van der Waals surface area contributed by atoms with Crippen LogP contribution in [0.1, 0.15) is 37.0 Å². The van der Waals surface area contributed by atoms with Crippen LogP contribution in [0.4, 0.5) is 5.69 Å². The maximum absolute atomic E-state index is 12.4. The average Bonchev–Trinajstić information content (AvgIpc) is 2.54. The molecule has 8 nitrogen and oxygen atoms in total. The molecular formula is C17H20N4O4. The van der Waals surface area contributed by atoms with Gasteiger partial charge in [0.05, 0.1) is 4.92 Å². The highest BCUT2D eigenvalue weighted by Gasteiger charge is 2.21. The van der Waals surface area contributed by atoms with Crippen LogP contribution in [-0.4, -0.2) is 26.7 Å². The number of para-hydroxylation sites is 2. The summed E-state index contributed by atoms with van der Waals surface area (Å²) in [6, 6.07) is 7.13. The quantitative estimate of drug-likeness (QED) is 0.661. The Kier molecular flexibility index (Phi) is 5.31. The Balaban J connectivity index is 2.54. The van der Waals surface area contributed by atoms with Crippen molar-refractivity contribution in [2.24, 2.45) is 5.92 Å². The molecule has 0 aliphatic carbocycles. The molecule has 2 rings (SSSR count). The summed E-state index contributed by atoms with van der Waals surface area (Å²) >= 11 is 0. The molecule has 0 aliphatic rings. The molecule has 1 atom stereocenters. The molecule has 0 spiro atoms. The summed E-state index contributed by atoms with van der Waals surface area (Å²) in [5, 5.41) is 18.0. The van der Waals surface area contributed by atoms with Gasteiger partial charge in [0.15, 0.2) is 5.69 Å². The highest BCUT2D eigenvalue weighted by atomic mass is 16.6. The lowest BCUT2D eigenvalue weighted by molar-refractivity contribution is -0.384. The van der Waals surface area contributed by atoms with E-state index in [0.717, 1.165) is 0 Å². The van der Waals surface area contributed by atoms with E-state index in [4.69, 9.17) is 0 Å². The molecule has 1 aromatic carbocycles. The van der Waals surface area contributed by atoms with Gasteiger partial charge in [-0.25, -0.2) is 4.68 Å². The van der Waals surface area contributed by atoms with Gasteiger partial charge in [0.25, 0.3) is 11.6 Å². The van der Waals surface area contributed by atoms with Gasteiger partial charge >= 0.3 is 0 Å². The fraction of sp³-hybridized carbons (Fsp3) is 0.353. The van der Waals surface area contributed by atoms with E-state index in [9.17, 15) is 19.7 Å². The Hall–Kier alpha value is -3.03. The van der Waals surface area contributed by atoms with E-state index in [1.165, 1.54) is 28.9 Å². The van der Waals surface area contributed by atoms with E-state index in [0.29, 0.717) is 5.69 Å². The Bertz CT molecular complexity index is 873. The van der Waals surface area contributed by atoms with Gasteiger partial charge in [-0.1, -0.05) is 26.0 Å². The third-order valence-corrected chi connectivity index (χ3v) is 3.99. The number of nitro groups is 1. The summed E-state index contributed by atoms with van der Waals surface area (Å²) in [4.78, 5) is 35.2. The van der Waals surface area contributed by atoms with Crippen molar-refractivity contribution in [3.05, 3.63) is 62.1 Å². The molecule has 0 aliphatic heterocycles. The van der Waals surface area contributed by atoms with Crippen LogP contribution in [0.25, 0.3) is 5.69 Å². The number of amides is 1. The summed E-state index contributed by atoms with van der Waals surface area (Å²) in [6.45, 7) is 7.32. The first-order valence-corrected chi connectivity index (χ1v) is 7.88. The van der Waals surface area contributed by atoms with E-state index in [1.807, 2.05) is 20.8 Å². The second-order valence-electron chi connectivity index (χ2n) is 6.16. The normalized spacial score (nSPS) is 12.0. The minimum absolute atomic E-state index is 0.144. The lowest BCUT2D eigenvalue weighted by Gasteiger charge is -2.17. The Labute approximate surface area is 144 Å². The maximum Gasteiger partial charge on any atom is 0.294 e. The molecular weight excluding hydrogens is 324 g/mol. The molecule has 1 N–H and O–H groups in total. The Morgan fingerprint density at radius 2 is 1.92 bits per heavy atom. The maximum atomic E-state index is 12.4. The number of nitrogens with one attached hydrogen (secondary N) is 1. The molecule has 25 heavy (non-hydrogen) atoms. The molecule has 0 bridgehead atoms. The van der Waals surface area contributed by atoms with Crippen LogP contribution >= 0.6 is 0 Å². The second kappa shape index (κ2) is 7.25. The summed E-state index contributed by atoms with van der Waals surface area (Å²) < 4.78 is 1.24. The van der Waals surface area contributed by atoms with Crippen molar-refractivity contribution >= 4 is 11.6 Å². The van der Waals surface area contributed by atoms with E-state index < -0.39 is 16.3 Å². The number of nitro benzene ring substituents is 1. The summed E-state index contributed by atoms with van der Waals surface area (Å²) in [5.41, 5.74) is -0.399. The first-order valence-electron chi connectivity index (χ1n) is 7.88. The molecule has 0 fully saturated rings. The van der Waals surface area contributed by atoms with Crippen LogP contribution in [0, 0.1) is 23.0 Å². The zero-order chi connectivity index (χ0) is 18.7. The van der Waals surface area contributed by atoms with Crippen molar-refractivity contribution in [3.63, 3.8) is 0 Å². The molecule has 0 radical (unpaired) electrons. The molecule has 2 aromatic rings. The molecule has 1 aromatic heterocycles. The standard InChI is InChI=1S/C17H20N4O4/c1-10(2)12(4)18-17(23)16-15(22)9-11(3)20(19-16)13-7-5-6-8-14(13)21(24)25/h5-10,12H,1-4H3,(H,18,23). The third-order valence-electron chi connectivity index (χ3n) is 3.99. The van der Waals surface area contributed by atoms with E-state index in [1.54, 1.807) is 13.0 Å². The van der Waals surface area contributed by atoms with Crippen molar-refractivity contribution in [2.45, 2.75) is 33.7 Å². The number of rotatable bonds is 5. The van der Waals surface area contributed by atoms with Crippen molar-refractivity contribution < 1.29 is 9.72 Å². The topological polar surface area (TPSA) is 107 Å². The smallest absolute Gasteiger partial charge is 0.294 e. The largest absolute Gasteiger partial charge is 0.348 e. The summed E-state index contributed by atoms with van der Waals surface area (Å²) in [7, 11) is 0. The first kappa shape index (κ1) is 18.3. The zero-order valence-corrected chi connectivity index (χ0v) is 14.5. The van der Waals surface area contributed by atoms with Gasteiger partial charge in [0.1, 0.15) is 5.69 Å². The van der Waals surface area contributed by atoms with Crippen LogP contribution in [0.15, 0.2) is 35.1 Å². The number of aromatic nitrogens is 2. The van der Waals surface area contributed by atoms with Gasteiger partial charge in [-0.3, -0.25) is 19.7 Å². The van der Waals surface area contributed by atoms with Crippen LogP contribution in [0.2, 0.25) is 0 Å². The van der Waals surface area contributed by atoms with Gasteiger partial charge in [0.2, 0.25) is 5.43 Å².